The maximum Gasteiger partial charge on any atom is 0.406 e. The summed E-state index contributed by atoms with van der Waals surface area (Å²) in [6, 6.07) is -1.10. The van der Waals surface area contributed by atoms with Crippen LogP contribution in [0.25, 0.3) is 11.2 Å². The number of imidazole rings is 1. The van der Waals surface area contributed by atoms with E-state index in [0.29, 0.717) is 0 Å². The Balaban J connectivity index is 1.70. The van der Waals surface area contributed by atoms with Crippen LogP contribution >= 0.6 is 19.5 Å². The summed E-state index contributed by atoms with van der Waals surface area (Å²) < 4.78 is 51.8. The number of halogens is 1. The van der Waals surface area contributed by atoms with Crippen molar-refractivity contribution >= 4 is 47.6 Å². The van der Waals surface area contributed by atoms with Crippen molar-refractivity contribution in [2.24, 2.45) is 5.41 Å². The van der Waals surface area contributed by atoms with Gasteiger partial charge in [0.05, 0.1) is 25.6 Å². The van der Waals surface area contributed by atoms with E-state index in [2.05, 4.69) is 20.0 Å². The third-order valence-electron chi connectivity index (χ3n) is 5.61. The Hall–Kier alpha value is -2.20. The summed E-state index contributed by atoms with van der Waals surface area (Å²) in [4.78, 5) is 36.5. The zero-order valence-corrected chi connectivity index (χ0v) is 24.9. The van der Waals surface area contributed by atoms with Crippen LogP contribution in [0.3, 0.4) is 0 Å². The molecule has 4 N–H and O–H groups in total. The molecule has 14 nitrogen and oxygen atoms in total. The van der Waals surface area contributed by atoms with E-state index in [1.54, 1.807) is 34.6 Å². The van der Waals surface area contributed by atoms with E-state index in [-0.39, 0.29) is 34.5 Å². The molecule has 0 saturated carbocycles. The number of nitrogen functional groups attached to an aromatic ring is 1. The maximum atomic E-state index is 15.1. The second kappa shape index (κ2) is 13.2. The molecule has 1 fully saturated rings. The lowest BCUT2D eigenvalue weighted by Gasteiger charge is -2.25. The molecule has 224 valence electrons. The monoisotopic (exact) mass is 606 g/mol. The molecule has 0 radical (unpaired) electrons. The molecule has 6 atom stereocenters. The Labute approximate surface area is 235 Å². The van der Waals surface area contributed by atoms with E-state index < -0.39 is 62.5 Å². The van der Waals surface area contributed by atoms with Gasteiger partial charge in [-0.2, -0.15) is 0 Å². The average Bonchev–Trinajstić information content (AvgIpc) is 3.41. The first-order valence-corrected chi connectivity index (χ1v) is 15.1. The fourth-order valence-electron chi connectivity index (χ4n) is 3.54. The van der Waals surface area contributed by atoms with Crippen molar-refractivity contribution in [2.45, 2.75) is 78.3 Å². The van der Waals surface area contributed by atoms with Crippen molar-refractivity contribution in [1.29, 1.82) is 0 Å². The minimum atomic E-state index is -4.24. The molecule has 0 aromatic carbocycles. The molecule has 0 aliphatic carbocycles. The van der Waals surface area contributed by atoms with Gasteiger partial charge in [-0.25, -0.2) is 29.0 Å². The molecule has 40 heavy (non-hydrogen) atoms. The number of esters is 1. The highest BCUT2D eigenvalue weighted by molar-refractivity contribution is 8.13. The van der Waals surface area contributed by atoms with Gasteiger partial charge in [0.25, 0.3) is 0 Å². The molecule has 17 heteroatoms. The molecule has 1 saturated heterocycles. The largest absolute Gasteiger partial charge is 0.462 e. The van der Waals surface area contributed by atoms with E-state index in [4.69, 9.17) is 24.3 Å². The molecular formula is C23H36FN6O8PS. The number of carbonyl (C=O) groups excluding carboxylic acids is 2. The number of rotatable bonds is 12. The summed E-state index contributed by atoms with van der Waals surface area (Å²) in [7, 11) is -4.24. The molecule has 3 rings (SSSR count). The van der Waals surface area contributed by atoms with Gasteiger partial charge < -0.3 is 20.3 Å². The van der Waals surface area contributed by atoms with Crippen LogP contribution in [-0.4, -0.2) is 85.2 Å². The predicted octanol–water partition coefficient (Wildman–Crippen LogP) is 2.38. The number of nitrogens with one attached hydrogen (secondary N) is 1. The molecule has 0 bridgehead atoms. The minimum absolute atomic E-state index is 0.0877. The van der Waals surface area contributed by atoms with Crippen molar-refractivity contribution in [3.8, 4) is 0 Å². The molecule has 0 unspecified atom stereocenters. The highest BCUT2D eigenvalue weighted by Gasteiger charge is 2.47. The van der Waals surface area contributed by atoms with Gasteiger partial charge in [-0.05, 0) is 20.8 Å². The fourth-order valence-corrected chi connectivity index (χ4v) is 5.92. The summed E-state index contributed by atoms with van der Waals surface area (Å²) in [6.07, 6.45) is -4.17. The van der Waals surface area contributed by atoms with Crippen LogP contribution in [-0.2, 0) is 32.7 Å². The van der Waals surface area contributed by atoms with Gasteiger partial charge in [0.1, 0.15) is 30.1 Å². The highest BCUT2D eigenvalue weighted by atomic mass is 32.2. The Morgan fingerprint density at radius 1 is 1.27 bits per heavy atom. The average molecular weight is 607 g/mol. The number of thioether (sulfide) groups is 1. The standard InChI is InChI=1S/C23H36FN6O8PS/c1-12(2)37-21(32)13(3)29-39(34,35-7-8-40-22(33)23(4,5)6)36-9-14-17(31)15(24)20(38-14)30-11-28-16-18(25)26-10-27-19(16)30/h10-15,17,20,31H,7-9H2,1-6H3,(H,29,34)(H2,25,26,27)/t13-,14+,15-,17+,20+,39-/m0/s1. The summed E-state index contributed by atoms with van der Waals surface area (Å²) in [5.74, 6) is -0.450. The topological polar surface area (TPSA) is 190 Å². The number of hydrogen-bond donors (Lipinski definition) is 3. The van der Waals surface area contributed by atoms with Crippen molar-refractivity contribution in [3.63, 3.8) is 0 Å². The number of alkyl halides is 1. The lowest BCUT2D eigenvalue weighted by atomic mass is 10.00. The molecule has 0 spiro atoms. The van der Waals surface area contributed by atoms with E-state index in [1.807, 2.05) is 0 Å². The van der Waals surface area contributed by atoms with Gasteiger partial charge >= 0.3 is 13.7 Å². The van der Waals surface area contributed by atoms with Gasteiger partial charge in [-0.3, -0.25) is 23.2 Å². The molecule has 1 aliphatic heterocycles. The van der Waals surface area contributed by atoms with Gasteiger partial charge in [0.15, 0.2) is 29.0 Å². The number of aromatic nitrogens is 4. The quantitative estimate of drug-likeness (QED) is 0.181. The van der Waals surface area contributed by atoms with Crippen LogP contribution in [0, 0.1) is 5.41 Å². The Kier molecular flexibility index (Phi) is 10.7. The molecule has 2 aromatic rings. The third kappa shape index (κ3) is 7.96. The lowest BCUT2D eigenvalue weighted by molar-refractivity contribution is -0.149. The number of carbonyl (C=O) groups is 2. The molecule has 2 aromatic heterocycles. The van der Waals surface area contributed by atoms with Crippen LogP contribution < -0.4 is 10.8 Å². The Bertz CT molecular complexity index is 1240. The summed E-state index contributed by atoms with van der Waals surface area (Å²) in [6.45, 7) is 9.31. The normalized spacial score (nSPS) is 23.8. The number of ether oxygens (including phenoxy) is 2. The van der Waals surface area contributed by atoms with Gasteiger partial charge in [0.2, 0.25) is 0 Å². The van der Waals surface area contributed by atoms with Gasteiger partial charge in [0, 0.05) is 11.2 Å². The first-order chi connectivity index (χ1) is 18.6. The van der Waals surface area contributed by atoms with Crippen LogP contribution in [0.15, 0.2) is 12.7 Å². The van der Waals surface area contributed by atoms with Crippen LogP contribution in [0.1, 0.15) is 47.8 Å². The maximum absolute atomic E-state index is 15.1. The van der Waals surface area contributed by atoms with Crippen molar-refractivity contribution in [1.82, 2.24) is 24.6 Å². The number of aliphatic hydroxyl groups is 1. The number of hydrogen-bond acceptors (Lipinski definition) is 13. The number of aliphatic hydroxyl groups excluding tert-OH is 1. The van der Waals surface area contributed by atoms with Crippen LogP contribution in [0.5, 0.6) is 0 Å². The molecule has 1 aliphatic rings. The summed E-state index contributed by atoms with van der Waals surface area (Å²) >= 11 is 1.00. The molecule has 3 heterocycles. The lowest BCUT2D eigenvalue weighted by Crippen LogP contribution is -2.37. The van der Waals surface area contributed by atoms with E-state index in [1.165, 1.54) is 24.1 Å². The van der Waals surface area contributed by atoms with Crippen molar-refractivity contribution in [3.05, 3.63) is 12.7 Å². The Morgan fingerprint density at radius 2 is 1.98 bits per heavy atom. The van der Waals surface area contributed by atoms with E-state index >= 15 is 4.39 Å². The highest BCUT2D eigenvalue weighted by Crippen LogP contribution is 2.46. The second-order valence-corrected chi connectivity index (χ2v) is 13.3. The summed E-state index contributed by atoms with van der Waals surface area (Å²) in [5.41, 5.74) is 5.65. The van der Waals surface area contributed by atoms with Gasteiger partial charge in [-0.15, -0.1) is 0 Å². The zero-order valence-electron chi connectivity index (χ0n) is 23.1. The Morgan fingerprint density at radius 3 is 2.62 bits per heavy atom. The van der Waals surface area contributed by atoms with Gasteiger partial charge in [-0.1, -0.05) is 32.5 Å². The van der Waals surface area contributed by atoms with E-state index in [0.717, 1.165) is 11.8 Å². The summed E-state index contributed by atoms with van der Waals surface area (Å²) in [5, 5.41) is 12.9. The molecular weight excluding hydrogens is 570 g/mol. The van der Waals surface area contributed by atoms with Crippen LogP contribution in [0.4, 0.5) is 10.2 Å². The minimum Gasteiger partial charge on any atom is -0.462 e. The first-order valence-electron chi connectivity index (χ1n) is 12.6. The fraction of sp³-hybridized carbons (Fsp3) is 0.696. The SMILES string of the molecule is CC(C)OC(=O)[C@H](C)N[P@](=O)(OCCSC(=O)C(C)(C)C)OC[C@H]1O[C@@H](n2cnc3c(N)ncnc32)[C@@H](F)[C@@H]1O. The van der Waals surface area contributed by atoms with Crippen molar-refractivity contribution < 1.29 is 42.2 Å². The van der Waals surface area contributed by atoms with Crippen molar-refractivity contribution in [2.75, 3.05) is 24.7 Å². The third-order valence-corrected chi connectivity index (χ3v) is 8.57. The number of nitrogens with two attached hydrogens (primary N) is 1. The van der Waals surface area contributed by atoms with Crippen LogP contribution in [0.2, 0.25) is 0 Å². The predicted molar refractivity (Wildman–Crippen MR) is 145 cm³/mol. The molecule has 0 amide bonds. The number of fused-ring (bicyclic) bond motifs is 1. The second-order valence-electron chi connectivity index (χ2n) is 10.4. The zero-order chi connectivity index (χ0) is 29.8. The smallest absolute Gasteiger partial charge is 0.406 e. The number of nitrogens with zero attached hydrogens (tertiary/aromatic N) is 4. The van der Waals surface area contributed by atoms with E-state index in [9.17, 15) is 19.3 Å². The first kappa shape index (κ1) is 32.3. The number of anilines is 1.